The van der Waals surface area contributed by atoms with Crippen molar-refractivity contribution in [1.82, 2.24) is 4.90 Å². The summed E-state index contributed by atoms with van der Waals surface area (Å²) in [6, 6.07) is 19.6. The second-order valence-corrected chi connectivity index (χ2v) is 7.42. The number of benzene rings is 2. The molecular weight excluding hydrogens is 300 g/mol. The molecule has 1 heterocycles. The summed E-state index contributed by atoms with van der Waals surface area (Å²) in [6.45, 7) is 1.06. The van der Waals surface area contributed by atoms with Crippen LogP contribution in [-0.4, -0.2) is 25.5 Å². The van der Waals surface area contributed by atoms with Crippen molar-refractivity contribution < 1.29 is 0 Å². The first-order valence-electron chi connectivity index (χ1n) is 8.10. The van der Waals surface area contributed by atoms with Crippen molar-refractivity contribution in [2.45, 2.75) is 34.5 Å². The van der Waals surface area contributed by atoms with Crippen LogP contribution in [0.1, 0.15) is 35.8 Å². The minimum absolute atomic E-state index is 0.0653. The number of hydrogen-bond donors (Lipinski definition) is 0. The summed E-state index contributed by atoms with van der Waals surface area (Å²) in [5, 5.41) is 9.90. The largest absolute Gasteiger partial charge is 0.309 e. The first-order valence-corrected chi connectivity index (χ1v) is 8.92. The maximum absolute atomic E-state index is 9.90. The zero-order chi connectivity index (χ0) is 16.2. The highest BCUT2D eigenvalue weighted by Gasteiger charge is 2.31. The van der Waals surface area contributed by atoms with E-state index in [1.54, 1.807) is 11.8 Å². The summed E-state index contributed by atoms with van der Waals surface area (Å²) in [5.41, 5.74) is 2.52. The number of nitriles is 1. The lowest BCUT2D eigenvalue weighted by atomic mass is 9.79. The van der Waals surface area contributed by atoms with Crippen molar-refractivity contribution in [3.05, 3.63) is 59.7 Å². The van der Waals surface area contributed by atoms with Gasteiger partial charge in [-0.25, -0.2) is 0 Å². The Morgan fingerprint density at radius 3 is 2.26 bits per heavy atom. The van der Waals surface area contributed by atoms with Gasteiger partial charge in [-0.05, 0) is 56.7 Å². The fourth-order valence-electron chi connectivity index (χ4n) is 3.33. The third-order valence-electron chi connectivity index (χ3n) is 4.45. The van der Waals surface area contributed by atoms with Gasteiger partial charge in [0.1, 0.15) is 0 Å². The maximum atomic E-state index is 9.90. The molecule has 0 N–H and O–H groups in total. The predicted molar refractivity (Wildman–Crippen MR) is 95.9 cm³/mol. The second-order valence-electron chi connectivity index (χ2n) is 6.34. The lowest BCUT2D eigenvalue weighted by Crippen LogP contribution is -2.16. The van der Waals surface area contributed by atoms with E-state index in [1.807, 2.05) is 0 Å². The highest BCUT2D eigenvalue weighted by molar-refractivity contribution is 7.99. The number of hydrogen-bond acceptors (Lipinski definition) is 3. The second kappa shape index (κ2) is 7.21. The molecule has 0 saturated carbocycles. The summed E-state index contributed by atoms with van der Waals surface area (Å²) >= 11 is 1.80. The third-order valence-corrected chi connectivity index (χ3v) is 5.64. The van der Waals surface area contributed by atoms with Gasteiger partial charge in [-0.2, -0.15) is 5.26 Å². The van der Waals surface area contributed by atoms with Crippen LogP contribution in [0.2, 0.25) is 0 Å². The fraction of sp³-hybridized carbons (Fsp3) is 0.350. The van der Waals surface area contributed by atoms with E-state index >= 15 is 0 Å². The van der Waals surface area contributed by atoms with Gasteiger partial charge < -0.3 is 4.90 Å². The SMILES string of the molecule is CN(C)CCC[C@H]1c2ccccc2Sc2ccccc2[C@@H]1C#N. The maximum Gasteiger partial charge on any atom is 0.0792 e. The van der Waals surface area contributed by atoms with Crippen molar-refractivity contribution >= 4 is 11.8 Å². The quantitative estimate of drug-likeness (QED) is 0.802. The summed E-state index contributed by atoms with van der Waals surface area (Å²) in [4.78, 5) is 4.74. The van der Waals surface area contributed by atoms with Crippen molar-refractivity contribution in [3.8, 4) is 6.07 Å². The molecular formula is C20H22N2S. The van der Waals surface area contributed by atoms with E-state index in [-0.39, 0.29) is 11.8 Å². The molecule has 2 atom stereocenters. The number of rotatable bonds is 4. The van der Waals surface area contributed by atoms with Gasteiger partial charge in [0.05, 0.1) is 12.0 Å². The van der Waals surface area contributed by atoms with Crippen LogP contribution in [0, 0.1) is 11.3 Å². The van der Waals surface area contributed by atoms with E-state index in [2.05, 4.69) is 73.6 Å². The third kappa shape index (κ3) is 3.44. The van der Waals surface area contributed by atoms with Gasteiger partial charge in [-0.3, -0.25) is 0 Å². The Kier molecular flexibility index (Phi) is 5.05. The number of fused-ring (bicyclic) bond motifs is 2. The topological polar surface area (TPSA) is 27.0 Å². The van der Waals surface area contributed by atoms with Crippen molar-refractivity contribution in [2.24, 2.45) is 0 Å². The molecule has 2 nitrogen and oxygen atoms in total. The molecule has 0 amide bonds. The smallest absolute Gasteiger partial charge is 0.0792 e. The van der Waals surface area contributed by atoms with Crippen LogP contribution in [0.25, 0.3) is 0 Å². The van der Waals surface area contributed by atoms with Gasteiger partial charge in [-0.15, -0.1) is 0 Å². The molecule has 0 fully saturated rings. The molecule has 118 valence electrons. The molecule has 0 aromatic heterocycles. The van der Waals surface area contributed by atoms with Crippen molar-refractivity contribution in [1.29, 1.82) is 5.26 Å². The van der Waals surface area contributed by atoms with Crippen LogP contribution >= 0.6 is 11.8 Å². The molecule has 0 radical (unpaired) electrons. The van der Waals surface area contributed by atoms with E-state index in [0.717, 1.165) is 19.4 Å². The lowest BCUT2D eigenvalue weighted by molar-refractivity contribution is 0.380. The molecule has 1 aliphatic heterocycles. The minimum atomic E-state index is -0.0653. The molecule has 2 aromatic carbocycles. The highest BCUT2D eigenvalue weighted by atomic mass is 32.2. The Labute approximate surface area is 143 Å². The lowest BCUT2D eigenvalue weighted by Gasteiger charge is -2.23. The summed E-state index contributed by atoms with van der Waals surface area (Å²) in [5.74, 6) is 0.205. The standard InChI is InChI=1S/C20H22N2S/c1-22(2)13-7-10-15-16-8-3-5-11-19(16)23-20-12-6-4-9-17(20)18(15)14-21/h3-6,8-9,11-12,15,18H,7,10,13H2,1-2H3/t15-,18+/m0/s1. The summed E-state index contributed by atoms with van der Waals surface area (Å²) in [6.07, 6.45) is 2.15. The van der Waals surface area contributed by atoms with Crippen LogP contribution < -0.4 is 0 Å². The molecule has 0 bridgehead atoms. The Bertz CT molecular complexity index is 718. The molecule has 0 saturated heterocycles. The van der Waals surface area contributed by atoms with Gasteiger partial charge in [0, 0.05) is 15.7 Å². The van der Waals surface area contributed by atoms with Gasteiger partial charge in [0.25, 0.3) is 0 Å². The van der Waals surface area contributed by atoms with Gasteiger partial charge in [0.15, 0.2) is 0 Å². The Balaban J connectivity index is 2.02. The zero-order valence-corrected chi connectivity index (χ0v) is 14.5. The van der Waals surface area contributed by atoms with Crippen molar-refractivity contribution in [2.75, 3.05) is 20.6 Å². The van der Waals surface area contributed by atoms with E-state index in [0.29, 0.717) is 0 Å². The molecule has 0 spiro atoms. The first-order chi connectivity index (χ1) is 11.2. The van der Waals surface area contributed by atoms with E-state index in [9.17, 15) is 5.26 Å². The normalized spacial score (nSPS) is 19.6. The highest BCUT2D eigenvalue weighted by Crippen LogP contribution is 2.48. The van der Waals surface area contributed by atoms with Crippen LogP contribution in [0.3, 0.4) is 0 Å². The van der Waals surface area contributed by atoms with Crippen LogP contribution in [0.15, 0.2) is 58.3 Å². The van der Waals surface area contributed by atoms with Gasteiger partial charge in [-0.1, -0.05) is 48.2 Å². The van der Waals surface area contributed by atoms with Gasteiger partial charge >= 0.3 is 0 Å². The predicted octanol–water partition coefficient (Wildman–Crippen LogP) is 4.88. The molecule has 0 aliphatic carbocycles. The molecule has 0 unspecified atom stereocenters. The monoisotopic (exact) mass is 322 g/mol. The van der Waals surface area contributed by atoms with E-state index in [4.69, 9.17) is 0 Å². The first kappa shape index (κ1) is 16.1. The van der Waals surface area contributed by atoms with Crippen LogP contribution in [-0.2, 0) is 0 Å². The molecule has 23 heavy (non-hydrogen) atoms. The summed E-state index contributed by atoms with van der Waals surface area (Å²) < 4.78 is 0. The zero-order valence-electron chi connectivity index (χ0n) is 13.7. The number of nitrogens with zero attached hydrogens (tertiary/aromatic N) is 2. The average molecular weight is 322 g/mol. The average Bonchev–Trinajstić information content (AvgIpc) is 2.68. The van der Waals surface area contributed by atoms with Crippen LogP contribution in [0.5, 0.6) is 0 Å². The summed E-state index contributed by atoms with van der Waals surface area (Å²) in [7, 11) is 4.21. The fourth-order valence-corrected chi connectivity index (χ4v) is 4.51. The van der Waals surface area contributed by atoms with Crippen molar-refractivity contribution in [3.63, 3.8) is 0 Å². The van der Waals surface area contributed by atoms with Gasteiger partial charge in [0.2, 0.25) is 0 Å². The Hall–Kier alpha value is -1.76. The molecule has 3 rings (SSSR count). The Morgan fingerprint density at radius 1 is 1.00 bits per heavy atom. The molecule has 2 aromatic rings. The van der Waals surface area contributed by atoms with Crippen LogP contribution in [0.4, 0.5) is 0 Å². The van der Waals surface area contributed by atoms with E-state index in [1.165, 1.54) is 20.9 Å². The molecule has 3 heteroatoms. The minimum Gasteiger partial charge on any atom is -0.309 e. The Morgan fingerprint density at radius 2 is 1.61 bits per heavy atom. The van der Waals surface area contributed by atoms with E-state index < -0.39 is 0 Å². The molecule has 1 aliphatic rings.